The molecule has 0 heterocycles. The Balaban J connectivity index is 1.80. The summed E-state index contributed by atoms with van der Waals surface area (Å²) in [6.07, 6.45) is 16.0. The molecule has 0 aromatic carbocycles. The van der Waals surface area contributed by atoms with Crippen molar-refractivity contribution in [1.82, 2.24) is 0 Å². The van der Waals surface area contributed by atoms with Crippen LogP contribution in [-0.4, -0.2) is 18.1 Å². The van der Waals surface area contributed by atoms with Crippen molar-refractivity contribution >= 4 is 6.01 Å². The van der Waals surface area contributed by atoms with Crippen LogP contribution in [0.4, 0.5) is 0 Å². The molecule has 0 saturated heterocycles. The van der Waals surface area contributed by atoms with Gasteiger partial charge >= 0.3 is 0 Å². The maximum Gasteiger partial charge on any atom is 0.0898 e. The molecule has 0 aromatic rings. The van der Waals surface area contributed by atoms with Crippen LogP contribution in [0.5, 0.6) is 0 Å². The van der Waals surface area contributed by atoms with Gasteiger partial charge in [0.05, 0.1) is 18.1 Å². The van der Waals surface area contributed by atoms with Crippen molar-refractivity contribution in [3.63, 3.8) is 0 Å². The second kappa shape index (κ2) is 7.66. The normalized spacial score (nSPS) is 24.5. The lowest BCUT2D eigenvalue weighted by molar-refractivity contribution is 0.576. The molecule has 2 heteroatoms. The average Bonchev–Trinajstić information content (AvgIpc) is 2.73. The van der Waals surface area contributed by atoms with E-state index in [2.05, 4.69) is 16.0 Å². The second-order valence-corrected chi connectivity index (χ2v) is 5.65. The molecule has 2 aliphatic rings. The number of hydrogen-bond donors (Lipinski definition) is 0. The van der Waals surface area contributed by atoms with Crippen LogP contribution in [0.15, 0.2) is 9.98 Å². The first-order valence-electron chi connectivity index (χ1n) is 7.60. The van der Waals surface area contributed by atoms with E-state index in [1.807, 2.05) is 0 Å². The first-order chi connectivity index (χ1) is 8.45. The van der Waals surface area contributed by atoms with Gasteiger partial charge in [-0.3, -0.25) is 0 Å². The van der Waals surface area contributed by atoms with E-state index in [0.29, 0.717) is 12.1 Å². The lowest BCUT2D eigenvalue weighted by Gasteiger charge is -2.06. The van der Waals surface area contributed by atoms with E-state index in [1.54, 1.807) is 0 Å². The Hall–Kier alpha value is -0.620. The molecule has 0 atom stereocenters. The largest absolute Gasteiger partial charge is 0.222 e. The van der Waals surface area contributed by atoms with Gasteiger partial charge in [0.15, 0.2) is 0 Å². The summed E-state index contributed by atoms with van der Waals surface area (Å²) < 4.78 is 0. The van der Waals surface area contributed by atoms with E-state index in [0.717, 1.165) is 0 Å². The molecule has 0 unspecified atom stereocenters. The molecule has 2 fully saturated rings. The molecular weight excluding hydrogens is 208 g/mol. The fourth-order valence-electron chi connectivity index (χ4n) is 2.97. The molecule has 0 spiro atoms. The van der Waals surface area contributed by atoms with E-state index in [4.69, 9.17) is 0 Å². The highest BCUT2D eigenvalue weighted by Gasteiger charge is 2.11. The van der Waals surface area contributed by atoms with E-state index in [-0.39, 0.29) is 0 Å². The van der Waals surface area contributed by atoms with Crippen LogP contribution in [0.1, 0.15) is 77.0 Å². The van der Waals surface area contributed by atoms with Crippen molar-refractivity contribution in [2.24, 2.45) is 9.98 Å². The highest BCUT2D eigenvalue weighted by Crippen LogP contribution is 2.20. The van der Waals surface area contributed by atoms with E-state index in [9.17, 15) is 0 Å². The summed E-state index contributed by atoms with van der Waals surface area (Å²) in [6.45, 7) is 0. The first kappa shape index (κ1) is 12.8. The quantitative estimate of drug-likeness (QED) is 0.492. The number of aliphatic imine (C=N–C) groups is 2. The lowest BCUT2D eigenvalue weighted by Crippen LogP contribution is -2.03. The summed E-state index contributed by atoms with van der Waals surface area (Å²) in [5, 5.41) is 0. The minimum atomic E-state index is 0.520. The van der Waals surface area contributed by atoms with E-state index < -0.39 is 0 Å². The fourth-order valence-corrected chi connectivity index (χ4v) is 2.97. The Morgan fingerprint density at radius 1 is 0.529 bits per heavy atom. The summed E-state index contributed by atoms with van der Waals surface area (Å²) in [4.78, 5) is 9.10. The summed E-state index contributed by atoms with van der Waals surface area (Å²) in [5.41, 5.74) is 0. The van der Waals surface area contributed by atoms with Gasteiger partial charge in [-0.1, -0.05) is 51.4 Å². The van der Waals surface area contributed by atoms with Crippen LogP contribution < -0.4 is 0 Å². The molecule has 0 amide bonds. The van der Waals surface area contributed by atoms with Crippen LogP contribution in [0.25, 0.3) is 0 Å². The molecule has 17 heavy (non-hydrogen) atoms. The Morgan fingerprint density at radius 2 is 0.882 bits per heavy atom. The Morgan fingerprint density at radius 3 is 1.24 bits per heavy atom. The molecule has 0 radical (unpaired) electrons. The third-order valence-electron chi connectivity index (χ3n) is 4.13. The zero-order valence-electron chi connectivity index (χ0n) is 11.0. The van der Waals surface area contributed by atoms with Gasteiger partial charge in [-0.25, -0.2) is 9.98 Å². The van der Waals surface area contributed by atoms with Gasteiger partial charge in [0, 0.05) is 0 Å². The molecule has 0 N–H and O–H groups in total. The molecule has 96 valence electrons. The van der Waals surface area contributed by atoms with Crippen molar-refractivity contribution in [1.29, 1.82) is 0 Å². The van der Waals surface area contributed by atoms with Gasteiger partial charge < -0.3 is 0 Å². The minimum Gasteiger partial charge on any atom is -0.222 e. The van der Waals surface area contributed by atoms with Crippen molar-refractivity contribution in [3.8, 4) is 0 Å². The number of hydrogen-bond acceptors (Lipinski definition) is 2. The Kier molecular flexibility index (Phi) is 5.78. The SMILES string of the molecule is C(=NC1CCCCCC1)=NC1CCCCCC1. The van der Waals surface area contributed by atoms with Gasteiger partial charge in [0.25, 0.3) is 0 Å². The third kappa shape index (κ3) is 5.04. The van der Waals surface area contributed by atoms with Crippen LogP contribution in [0.3, 0.4) is 0 Å². The maximum absolute atomic E-state index is 4.55. The topological polar surface area (TPSA) is 24.7 Å². The van der Waals surface area contributed by atoms with E-state index >= 15 is 0 Å². The smallest absolute Gasteiger partial charge is 0.0898 e. The monoisotopic (exact) mass is 234 g/mol. The Labute approximate surface area is 106 Å². The predicted molar refractivity (Wildman–Crippen MR) is 72.8 cm³/mol. The van der Waals surface area contributed by atoms with Gasteiger partial charge in [0.1, 0.15) is 0 Å². The number of nitrogens with zero attached hydrogens (tertiary/aromatic N) is 2. The van der Waals surface area contributed by atoms with Gasteiger partial charge in [-0.15, -0.1) is 0 Å². The lowest BCUT2D eigenvalue weighted by atomic mass is 10.1. The van der Waals surface area contributed by atoms with Gasteiger partial charge in [-0.2, -0.15) is 0 Å². The fraction of sp³-hybridized carbons (Fsp3) is 0.933. The molecule has 0 aliphatic heterocycles. The third-order valence-corrected chi connectivity index (χ3v) is 4.13. The van der Waals surface area contributed by atoms with Crippen molar-refractivity contribution in [3.05, 3.63) is 0 Å². The second-order valence-electron chi connectivity index (χ2n) is 5.65. The maximum atomic E-state index is 4.55. The molecular formula is C15H26N2. The standard InChI is InChI=1S/C15H26N2/c1-2-6-10-14(9-5-1)16-13-17-15-11-7-3-4-8-12-15/h14-15H,1-12H2. The van der Waals surface area contributed by atoms with Crippen molar-refractivity contribution in [2.45, 2.75) is 89.1 Å². The van der Waals surface area contributed by atoms with Gasteiger partial charge in [0.2, 0.25) is 0 Å². The van der Waals surface area contributed by atoms with Crippen molar-refractivity contribution in [2.75, 3.05) is 0 Å². The molecule has 2 aliphatic carbocycles. The molecule has 2 saturated carbocycles. The summed E-state index contributed by atoms with van der Waals surface area (Å²) in [7, 11) is 0. The molecule has 2 rings (SSSR count). The van der Waals surface area contributed by atoms with Crippen LogP contribution in [0, 0.1) is 0 Å². The van der Waals surface area contributed by atoms with Crippen LogP contribution >= 0.6 is 0 Å². The zero-order chi connectivity index (χ0) is 11.8. The summed E-state index contributed by atoms with van der Waals surface area (Å²) in [5.74, 6) is 0. The van der Waals surface area contributed by atoms with Crippen LogP contribution in [-0.2, 0) is 0 Å². The predicted octanol–water partition coefficient (Wildman–Crippen LogP) is 4.61. The van der Waals surface area contributed by atoms with Crippen LogP contribution in [0.2, 0.25) is 0 Å². The van der Waals surface area contributed by atoms with Crippen molar-refractivity contribution < 1.29 is 0 Å². The highest BCUT2D eigenvalue weighted by molar-refractivity contribution is 5.42. The zero-order valence-corrected chi connectivity index (χ0v) is 11.0. The van der Waals surface area contributed by atoms with E-state index in [1.165, 1.54) is 77.0 Å². The van der Waals surface area contributed by atoms with Gasteiger partial charge in [-0.05, 0) is 25.7 Å². The average molecular weight is 234 g/mol. The Bertz CT molecular complexity index is 226. The molecule has 0 bridgehead atoms. The highest BCUT2D eigenvalue weighted by atomic mass is 14.9. The minimum absolute atomic E-state index is 0.520. The summed E-state index contributed by atoms with van der Waals surface area (Å²) in [6, 6.07) is 4.07. The summed E-state index contributed by atoms with van der Waals surface area (Å²) >= 11 is 0. The first-order valence-corrected chi connectivity index (χ1v) is 7.60. The number of rotatable bonds is 2. The molecule has 2 nitrogen and oxygen atoms in total. The molecule has 0 aromatic heterocycles.